The molecular weight excluding hydrogens is 228 g/mol. The number of hydrogen-bond donors (Lipinski definition) is 0. The van der Waals surface area contributed by atoms with E-state index in [2.05, 4.69) is 0 Å². The van der Waals surface area contributed by atoms with Crippen LogP contribution in [-0.4, -0.2) is 20.2 Å². The van der Waals surface area contributed by atoms with Gasteiger partial charge in [0, 0.05) is 10.6 Å². The lowest BCUT2D eigenvalue weighted by Gasteiger charge is -2.12. The van der Waals surface area contributed by atoms with Gasteiger partial charge >= 0.3 is 5.97 Å². The second-order valence-corrected chi connectivity index (χ2v) is 3.81. The summed E-state index contributed by atoms with van der Waals surface area (Å²) in [7, 11) is 2.91. The standard InChI is InChI=1S/C12H15ClO3/c1-4-5-9-10(12(14)16-3)6-8(13)7-11(9)15-2/h6-7H,4-5H2,1-3H3. The minimum atomic E-state index is -0.385. The predicted octanol–water partition coefficient (Wildman–Crippen LogP) is 3.09. The van der Waals surface area contributed by atoms with Crippen LogP contribution in [0.2, 0.25) is 5.02 Å². The van der Waals surface area contributed by atoms with Crippen molar-refractivity contribution in [1.29, 1.82) is 0 Å². The van der Waals surface area contributed by atoms with Gasteiger partial charge in [-0.1, -0.05) is 24.9 Å². The number of benzene rings is 1. The Labute approximate surface area is 100 Å². The summed E-state index contributed by atoms with van der Waals surface area (Å²) in [6.45, 7) is 2.04. The Bertz CT molecular complexity index is 388. The first-order valence-electron chi connectivity index (χ1n) is 5.08. The monoisotopic (exact) mass is 242 g/mol. The molecule has 1 aromatic carbocycles. The largest absolute Gasteiger partial charge is 0.496 e. The van der Waals surface area contributed by atoms with Crippen LogP contribution in [0.25, 0.3) is 0 Å². The van der Waals surface area contributed by atoms with Gasteiger partial charge in [0.1, 0.15) is 5.75 Å². The lowest BCUT2D eigenvalue weighted by Crippen LogP contribution is -2.07. The Kier molecular flexibility index (Phi) is 4.62. The molecule has 1 aromatic rings. The fourth-order valence-electron chi connectivity index (χ4n) is 1.59. The number of carbonyl (C=O) groups excluding carboxylic acids is 1. The summed E-state index contributed by atoms with van der Waals surface area (Å²) in [5.41, 5.74) is 1.33. The molecule has 0 fully saturated rings. The van der Waals surface area contributed by atoms with Crippen LogP contribution >= 0.6 is 11.6 Å². The first-order chi connectivity index (χ1) is 7.63. The molecule has 0 aliphatic carbocycles. The zero-order valence-electron chi connectivity index (χ0n) is 9.67. The number of carbonyl (C=O) groups is 1. The van der Waals surface area contributed by atoms with Crippen molar-refractivity contribution >= 4 is 17.6 Å². The highest BCUT2D eigenvalue weighted by atomic mass is 35.5. The van der Waals surface area contributed by atoms with Gasteiger partial charge in [-0.3, -0.25) is 0 Å². The Morgan fingerprint density at radius 3 is 2.56 bits per heavy atom. The predicted molar refractivity (Wildman–Crippen MR) is 63.3 cm³/mol. The fraction of sp³-hybridized carbons (Fsp3) is 0.417. The maximum atomic E-state index is 11.6. The molecule has 0 unspecified atom stereocenters. The van der Waals surface area contributed by atoms with Crippen LogP contribution in [0.1, 0.15) is 29.3 Å². The van der Waals surface area contributed by atoms with E-state index in [0.717, 1.165) is 18.4 Å². The molecule has 0 saturated heterocycles. The van der Waals surface area contributed by atoms with Crippen molar-refractivity contribution in [2.75, 3.05) is 14.2 Å². The third-order valence-electron chi connectivity index (χ3n) is 2.30. The lowest BCUT2D eigenvalue weighted by atomic mass is 10.0. The first kappa shape index (κ1) is 12.8. The van der Waals surface area contributed by atoms with Gasteiger partial charge in [-0.05, 0) is 18.6 Å². The summed E-state index contributed by atoms with van der Waals surface area (Å²) in [5, 5.41) is 0.470. The van der Waals surface area contributed by atoms with Crippen LogP contribution in [0.3, 0.4) is 0 Å². The average Bonchev–Trinajstić information content (AvgIpc) is 2.29. The second-order valence-electron chi connectivity index (χ2n) is 3.38. The Hall–Kier alpha value is -1.22. The maximum Gasteiger partial charge on any atom is 0.338 e. The topological polar surface area (TPSA) is 35.5 Å². The van der Waals surface area contributed by atoms with Crippen LogP contribution in [0.4, 0.5) is 0 Å². The van der Waals surface area contributed by atoms with E-state index in [-0.39, 0.29) is 5.97 Å². The zero-order valence-corrected chi connectivity index (χ0v) is 10.4. The molecule has 0 heterocycles. The normalized spacial score (nSPS) is 10.0. The van der Waals surface area contributed by atoms with Gasteiger partial charge in [0.05, 0.1) is 19.8 Å². The smallest absolute Gasteiger partial charge is 0.338 e. The summed E-state index contributed by atoms with van der Waals surface area (Å²) in [4.78, 5) is 11.6. The summed E-state index contributed by atoms with van der Waals surface area (Å²) >= 11 is 5.91. The molecule has 16 heavy (non-hydrogen) atoms. The van der Waals surface area contributed by atoms with Crippen molar-refractivity contribution in [2.24, 2.45) is 0 Å². The maximum absolute atomic E-state index is 11.6. The molecule has 0 bridgehead atoms. The van der Waals surface area contributed by atoms with E-state index in [1.165, 1.54) is 7.11 Å². The minimum absolute atomic E-state index is 0.385. The van der Waals surface area contributed by atoms with Crippen LogP contribution in [0.15, 0.2) is 12.1 Å². The summed E-state index contributed by atoms with van der Waals surface area (Å²) in [5.74, 6) is 0.249. The number of halogens is 1. The summed E-state index contributed by atoms with van der Waals surface area (Å²) in [6, 6.07) is 3.32. The molecule has 0 amide bonds. The van der Waals surface area contributed by atoms with Crippen molar-refractivity contribution in [3.63, 3.8) is 0 Å². The van der Waals surface area contributed by atoms with E-state index in [4.69, 9.17) is 21.1 Å². The van der Waals surface area contributed by atoms with E-state index in [0.29, 0.717) is 16.3 Å². The molecular formula is C12H15ClO3. The number of methoxy groups -OCH3 is 2. The zero-order chi connectivity index (χ0) is 12.1. The van der Waals surface area contributed by atoms with Gasteiger partial charge < -0.3 is 9.47 Å². The first-order valence-corrected chi connectivity index (χ1v) is 5.46. The molecule has 3 nitrogen and oxygen atoms in total. The molecule has 0 spiro atoms. The van der Waals surface area contributed by atoms with Crippen LogP contribution in [0, 0.1) is 0 Å². The molecule has 0 radical (unpaired) electrons. The van der Waals surface area contributed by atoms with Gasteiger partial charge in [-0.15, -0.1) is 0 Å². The van der Waals surface area contributed by atoms with Crippen molar-refractivity contribution in [3.05, 3.63) is 28.3 Å². The molecule has 4 heteroatoms. The van der Waals surface area contributed by atoms with E-state index >= 15 is 0 Å². The van der Waals surface area contributed by atoms with Crippen LogP contribution in [0.5, 0.6) is 5.75 Å². The van der Waals surface area contributed by atoms with Crippen molar-refractivity contribution in [3.8, 4) is 5.75 Å². The third kappa shape index (κ3) is 2.67. The molecule has 0 aliphatic rings. The fourth-order valence-corrected chi connectivity index (χ4v) is 1.80. The average molecular weight is 243 g/mol. The van der Waals surface area contributed by atoms with E-state index < -0.39 is 0 Å². The molecule has 0 saturated carbocycles. The van der Waals surface area contributed by atoms with Crippen molar-refractivity contribution < 1.29 is 14.3 Å². The van der Waals surface area contributed by atoms with Crippen molar-refractivity contribution in [2.45, 2.75) is 19.8 Å². The van der Waals surface area contributed by atoms with E-state index in [1.54, 1.807) is 19.2 Å². The Morgan fingerprint density at radius 2 is 2.06 bits per heavy atom. The summed E-state index contributed by atoms with van der Waals surface area (Å²) in [6.07, 6.45) is 1.67. The van der Waals surface area contributed by atoms with Crippen LogP contribution in [-0.2, 0) is 11.2 Å². The van der Waals surface area contributed by atoms with E-state index in [1.807, 2.05) is 6.92 Å². The van der Waals surface area contributed by atoms with Gasteiger partial charge in [0.2, 0.25) is 0 Å². The SMILES string of the molecule is CCCc1c(OC)cc(Cl)cc1C(=O)OC. The quantitative estimate of drug-likeness (QED) is 0.762. The molecule has 0 atom stereocenters. The molecule has 0 aromatic heterocycles. The van der Waals surface area contributed by atoms with Gasteiger partial charge in [0.25, 0.3) is 0 Å². The Morgan fingerprint density at radius 1 is 1.38 bits per heavy atom. The number of rotatable bonds is 4. The molecule has 0 aliphatic heterocycles. The third-order valence-corrected chi connectivity index (χ3v) is 2.52. The highest BCUT2D eigenvalue weighted by Gasteiger charge is 2.16. The highest BCUT2D eigenvalue weighted by Crippen LogP contribution is 2.29. The number of hydrogen-bond acceptors (Lipinski definition) is 3. The molecule has 88 valence electrons. The van der Waals surface area contributed by atoms with Crippen LogP contribution < -0.4 is 4.74 Å². The van der Waals surface area contributed by atoms with Crippen molar-refractivity contribution in [1.82, 2.24) is 0 Å². The molecule has 1 rings (SSSR count). The van der Waals surface area contributed by atoms with E-state index in [9.17, 15) is 4.79 Å². The van der Waals surface area contributed by atoms with Gasteiger partial charge in [-0.25, -0.2) is 4.79 Å². The number of ether oxygens (including phenoxy) is 2. The lowest BCUT2D eigenvalue weighted by molar-refractivity contribution is 0.0599. The van der Waals surface area contributed by atoms with Gasteiger partial charge in [-0.2, -0.15) is 0 Å². The number of esters is 1. The second kappa shape index (κ2) is 5.75. The highest BCUT2D eigenvalue weighted by molar-refractivity contribution is 6.31. The van der Waals surface area contributed by atoms with Gasteiger partial charge in [0.15, 0.2) is 0 Å². The minimum Gasteiger partial charge on any atom is -0.496 e. The molecule has 0 N–H and O–H groups in total. The summed E-state index contributed by atoms with van der Waals surface area (Å²) < 4.78 is 9.95. The Balaban J connectivity index is 3.31.